The molecular formula is C30H33F3N6O3. The maximum Gasteiger partial charge on any atom is 0.405 e. The number of amides is 3. The van der Waals surface area contributed by atoms with E-state index in [2.05, 4.69) is 22.1 Å². The first kappa shape index (κ1) is 30.4. The van der Waals surface area contributed by atoms with Crippen molar-refractivity contribution < 1.29 is 27.5 Å². The van der Waals surface area contributed by atoms with Crippen molar-refractivity contribution in [2.24, 2.45) is 0 Å². The number of nitrogens with two attached hydrogens (primary N) is 1. The van der Waals surface area contributed by atoms with Crippen molar-refractivity contribution in [3.63, 3.8) is 0 Å². The Balaban J connectivity index is 1.43. The molecule has 42 heavy (non-hydrogen) atoms. The molecule has 3 aromatic rings. The van der Waals surface area contributed by atoms with Gasteiger partial charge in [0.1, 0.15) is 6.54 Å². The third kappa shape index (κ3) is 8.48. The summed E-state index contributed by atoms with van der Waals surface area (Å²) < 4.78 is 42.5. The molecule has 5 N–H and O–H groups in total. The van der Waals surface area contributed by atoms with Crippen LogP contribution < -0.4 is 26.6 Å². The molecule has 0 aliphatic carbocycles. The fourth-order valence-corrected chi connectivity index (χ4v) is 4.48. The number of halogens is 3. The van der Waals surface area contributed by atoms with Gasteiger partial charge in [0.15, 0.2) is 0 Å². The molecule has 12 heteroatoms. The fraction of sp³-hybridized carbons (Fsp3) is 0.267. The number of alkyl halides is 3. The molecular weight excluding hydrogens is 549 g/mol. The molecule has 3 aromatic carbocycles. The van der Waals surface area contributed by atoms with Gasteiger partial charge >= 0.3 is 12.2 Å². The Morgan fingerprint density at radius 3 is 2.45 bits per heavy atom. The Morgan fingerprint density at radius 1 is 1.00 bits per heavy atom. The predicted molar refractivity (Wildman–Crippen MR) is 158 cm³/mol. The van der Waals surface area contributed by atoms with Crippen LogP contribution in [0.2, 0.25) is 0 Å². The monoisotopic (exact) mass is 582 g/mol. The number of nitrogens with zero attached hydrogens (tertiary/aromatic N) is 2. The summed E-state index contributed by atoms with van der Waals surface area (Å²) in [7, 11) is 0. The van der Waals surface area contributed by atoms with Gasteiger partial charge in [-0.25, -0.2) is 4.79 Å². The molecule has 1 saturated heterocycles. The van der Waals surface area contributed by atoms with E-state index in [1.165, 1.54) is 6.20 Å². The molecule has 1 heterocycles. The number of carbonyl (C=O) groups excluding carboxylic acids is 2. The standard InChI is InChI=1S/C30H33F3N6O3/c1-2-39(25-8-4-7-24(19-25)37-29(41)36-20-30(31,32)33)27-10-9-22(18-26(27)34)21-5-3-6-23(17-21)28(40)35-11-12-38-13-15-42-16-14-38/h2-10,17-19H,1,11-16,20,34H2,(H,35,40)(H2,36,37,41). The van der Waals surface area contributed by atoms with E-state index in [9.17, 15) is 22.8 Å². The van der Waals surface area contributed by atoms with Gasteiger partial charge in [-0.05, 0) is 53.6 Å². The highest BCUT2D eigenvalue weighted by Crippen LogP contribution is 2.35. The molecule has 0 atom stereocenters. The molecule has 1 aliphatic heterocycles. The number of rotatable bonds is 10. The fourth-order valence-electron chi connectivity index (χ4n) is 4.48. The molecule has 0 bridgehead atoms. The number of nitrogens with one attached hydrogen (secondary N) is 3. The van der Waals surface area contributed by atoms with Gasteiger partial charge in [0, 0.05) is 49.3 Å². The molecule has 0 radical (unpaired) electrons. The molecule has 4 rings (SSSR count). The van der Waals surface area contributed by atoms with Gasteiger partial charge in [0.05, 0.1) is 24.6 Å². The molecule has 3 amide bonds. The van der Waals surface area contributed by atoms with Crippen LogP contribution in [0.5, 0.6) is 0 Å². The molecule has 1 fully saturated rings. The molecule has 0 spiro atoms. The van der Waals surface area contributed by atoms with E-state index < -0.39 is 18.8 Å². The maximum atomic E-state index is 12.8. The summed E-state index contributed by atoms with van der Waals surface area (Å²) in [5.41, 5.74) is 10.5. The molecule has 0 aromatic heterocycles. The van der Waals surface area contributed by atoms with Crippen LogP contribution in [0.3, 0.4) is 0 Å². The molecule has 0 saturated carbocycles. The molecule has 9 nitrogen and oxygen atoms in total. The zero-order chi connectivity index (χ0) is 30.1. The van der Waals surface area contributed by atoms with Crippen LogP contribution >= 0.6 is 0 Å². The van der Waals surface area contributed by atoms with Crippen LogP contribution in [0.1, 0.15) is 10.4 Å². The number of nitrogen functional groups attached to an aromatic ring is 1. The SMILES string of the molecule is C=CN(c1cccc(NC(=O)NCC(F)(F)F)c1)c1ccc(-c2cccc(C(=O)NCCN3CCOCC3)c2)cc1N. The van der Waals surface area contributed by atoms with Gasteiger partial charge in [-0.1, -0.05) is 30.8 Å². The minimum absolute atomic E-state index is 0.159. The molecule has 0 unspecified atom stereocenters. The van der Waals surface area contributed by atoms with Crippen LogP contribution in [-0.4, -0.2) is 69.0 Å². The average Bonchev–Trinajstić information content (AvgIpc) is 2.98. The average molecular weight is 583 g/mol. The van der Waals surface area contributed by atoms with Crippen molar-refractivity contribution in [3.8, 4) is 11.1 Å². The number of benzene rings is 3. The van der Waals surface area contributed by atoms with Crippen molar-refractivity contribution in [1.29, 1.82) is 0 Å². The Morgan fingerprint density at radius 2 is 1.74 bits per heavy atom. The third-order valence-corrected chi connectivity index (χ3v) is 6.58. The Labute approximate surface area is 242 Å². The van der Waals surface area contributed by atoms with Gasteiger partial charge in [-0.3, -0.25) is 9.69 Å². The van der Waals surface area contributed by atoms with Crippen LogP contribution in [0, 0.1) is 0 Å². The highest BCUT2D eigenvalue weighted by atomic mass is 19.4. The highest BCUT2D eigenvalue weighted by molar-refractivity contribution is 5.96. The van der Waals surface area contributed by atoms with Gasteiger partial charge in [-0.15, -0.1) is 0 Å². The van der Waals surface area contributed by atoms with E-state index in [4.69, 9.17) is 10.5 Å². The minimum Gasteiger partial charge on any atom is -0.397 e. The number of urea groups is 1. The lowest BCUT2D eigenvalue weighted by atomic mass is 10.0. The quantitative estimate of drug-likeness (QED) is 0.252. The van der Waals surface area contributed by atoms with Gasteiger partial charge in [0.2, 0.25) is 0 Å². The Bertz CT molecular complexity index is 1410. The van der Waals surface area contributed by atoms with E-state index in [1.807, 2.05) is 24.3 Å². The number of carbonyl (C=O) groups is 2. The van der Waals surface area contributed by atoms with Crippen LogP contribution in [0.15, 0.2) is 79.5 Å². The second-order valence-corrected chi connectivity index (χ2v) is 9.59. The lowest BCUT2D eigenvalue weighted by Gasteiger charge is -2.26. The van der Waals surface area contributed by atoms with Crippen molar-refractivity contribution >= 4 is 34.7 Å². The summed E-state index contributed by atoms with van der Waals surface area (Å²) in [6.45, 7) is 6.85. The number of morpholine rings is 1. The van der Waals surface area contributed by atoms with Crippen molar-refractivity contribution in [2.75, 3.05) is 61.9 Å². The number of hydrogen-bond donors (Lipinski definition) is 4. The van der Waals surface area contributed by atoms with Crippen LogP contribution in [-0.2, 0) is 4.74 Å². The maximum absolute atomic E-state index is 12.8. The van der Waals surface area contributed by atoms with E-state index in [0.717, 1.165) is 30.8 Å². The minimum atomic E-state index is -4.51. The van der Waals surface area contributed by atoms with Gasteiger partial charge in [0.25, 0.3) is 5.91 Å². The predicted octanol–water partition coefficient (Wildman–Crippen LogP) is 4.96. The van der Waals surface area contributed by atoms with E-state index in [1.54, 1.807) is 52.7 Å². The first-order valence-corrected chi connectivity index (χ1v) is 13.3. The smallest absolute Gasteiger partial charge is 0.397 e. The zero-order valence-electron chi connectivity index (χ0n) is 22.9. The van der Waals surface area contributed by atoms with Crippen LogP contribution in [0.25, 0.3) is 11.1 Å². The van der Waals surface area contributed by atoms with Gasteiger partial charge < -0.3 is 31.3 Å². The van der Waals surface area contributed by atoms with E-state index in [-0.39, 0.29) is 11.6 Å². The third-order valence-electron chi connectivity index (χ3n) is 6.58. The van der Waals surface area contributed by atoms with E-state index in [0.29, 0.717) is 42.4 Å². The van der Waals surface area contributed by atoms with Gasteiger partial charge in [-0.2, -0.15) is 13.2 Å². The lowest BCUT2D eigenvalue weighted by molar-refractivity contribution is -0.122. The summed E-state index contributed by atoms with van der Waals surface area (Å²) in [5.74, 6) is -0.159. The Kier molecular flexibility index (Phi) is 10.0. The van der Waals surface area contributed by atoms with Crippen molar-refractivity contribution in [3.05, 3.63) is 85.1 Å². The first-order valence-electron chi connectivity index (χ1n) is 13.3. The summed E-state index contributed by atoms with van der Waals surface area (Å²) in [6, 6.07) is 18.3. The lowest BCUT2D eigenvalue weighted by Crippen LogP contribution is -2.41. The van der Waals surface area contributed by atoms with E-state index >= 15 is 0 Å². The highest BCUT2D eigenvalue weighted by Gasteiger charge is 2.27. The molecule has 1 aliphatic rings. The van der Waals surface area contributed by atoms with Crippen molar-refractivity contribution in [2.45, 2.75) is 6.18 Å². The zero-order valence-corrected chi connectivity index (χ0v) is 22.9. The topological polar surface area (TPSA) is 112 Å². The summed E-state index contributed by atoms with van der Waals surface area (Å²) in [6.07, 6.45) is -2.98. The number of ether oxygens (including phenoxy) is 1. The normalized spacial score (nSPS) is 13.7. The molecule has 222 valence electrons. The number of anilines is 4. The summed E-state index contributed by atoms with van der Waals surface area (Å²) in [4.78, 5) is 28.6. The second kappa shape index (κ2) is 13.9. The second-order valence-electron chi connectivity index (χ2n) is 9.59. The Hall–Kier alpha value is -4.55. The summed E-state index contributed by atoms with van der Waals surface area (Å²) in [5, 5.41) is 7.13. The van der Waals surface area contributed by atoms with Crippen molar-refractivity contribution in [1.82, 2.24) is 15.5 Å². The van der Waals surface area contributed by atoms with Crippen LogP contribution in [0.4, 0.5) is 40.7 Å². The first-order chi connectivity index (χ1) is 20.1. The number of hydrogen-bond acceptors (Lipinski definition) is 6. The largest absolute Gasteiger partial charge is 0.405 e. The summed E-state index contributed by atoms with van der Waals surface area (Å²) >= 11 is 0.